The summed E-state index contributed by atoms with van der Waals surface area (Å²) in [7, 11) is 0. The van der Waals surface area contributed by atoms with Gasteiger partial charge in [-0.15, -0.1) is 0 Å². The van der Waals surface area contributed by atoms with Crippen LogP contribution in [-0.2, 0) is 0 Å². The summed E-state index contributed by atoms with van der Waals surface area (Å²) in [6.07, 6.45) is 0. The molecular weight excluding hydrogens is 220 g/mol. The van der Waals surface area contributed by atoms with Crippen molar-refractivity contribution in [2.75, 3.05) is 0 Å². The Bertz CT molecular complexity index is 708. The van der Waals surface area contributed by atoms with Gasteiger partial charge in [-0.3, -0.25) is 0 Å². The molecule has 0 aliphatic heterocycles. The number of fused-ring (bicyclic) bond motifs is 1. The van der Waals surface area contributed by atoms with Crippen molar-refractivity contribution in [3.63, 3.8) is 0 Å². The van der Waals surface area contributed by atoms with Crippen molar-refractivity contribution in [3.8, 4) is 16.9 Å². The Labute approximate surface area is 106 Å². The van der Waals surface area contributed by atoms with E-state index in [4.69, 9.17) is 0 Å². The fourth-order valence-corrected chi connectivity index (χ4v) is 2.30. The van der Waals surface area contributed by atoms with Crippen molar-refractivity contribution in [3.05, 3.63) is 66.2 Å². The first kappa shape index (κ1) is 10.8. The van der Waals surface area contributed by atoms with Crippen LogP contribution in [0, 0.1) is 6.92 Å². The highest BCUT2D eigenvalue weighted by atomic mass is 16.3. The molecule has 0 unspecified atom stereocenters. The summed E-state index contributed by atoms with van der Waals surface area (Å²) in [4.78, 5) is 0. The largest absolute Gasteiger partial charge is 0.508 e. The first-order chi connectivity index (χ1) is 8.75. The summed E-state index contributed by atoms with van der Waals surface area (Å²) in [5.74, 6) is 0.346. The van der Waals surface area contributed by atoms with E-state index in [9.17, 15) is 5.11 Å². The molecule has 88 valence electrons. The number of aryl methyl sites for hydroxylation is 1. The van der Waals surface area contributed by atoms with Gasteiger partial charge in [-0.25, -0.2) is 0 Å². The number of benzene rings is 3. The number of hydrogen-bond donors (Lipinski definition) is 1. The molecule has 0 atom stereocenters. The number of phenols is 1. The lowest BCUT2D eigenvalue weighted by atomic mass is 9.97. The molecule has 18 heavy (non-hydrogen) atoms. The van der Waals surface area contributed by atoms with E-state index >= 15 is 0 Å². The molecule has 0 radical (unpaired) electrons. The molecule has 0 saturated heterocycles. The number of aromatic hydroxyl groups is 1. The second-order valence-electron chi connectivity index (χ2n) is 4.53. The van der Waals surface area contributed by atoms with Crippen molar-refractivity contribution in [2.45, 2.75) is 6.92 Å². The zero-order valence-electron chi connectivity index (χ0n) is 10.2. The van der Waals surface area contributed by atoms with E-state index in [-0.39, 0.29) is 0 Å². The van der Waals surface area contributed by atoms with Crippen LogP contribution in [-0.4, -0.2) is 5.11 Å². The quantitative estimate of drug-likeness (QED) is 0.656. The monoisotopic (exact) mass is 234 g/mol. The third-order valence-electron chi connectivity index (χ3n) is 3.30. The Morgan fingerprint density at radius 1 is 0.833 bits per heavy atom. The Hall–Kier alpha value is -2.28. The van der Waals surface area contributed by atoms with E-state index in [0.29, 0.717) is 5.75 Å². The third-order valence-corrected chi connectivity index (χ3v) is 3.30. The maximum atomic E-state index is 9.60. The van der Waals surface area contributed by atoms with Crippen LogP contribution in [0.15, 0.2) is 60.7 Å². The van der Waals surface area contributed by atoms with Gasteiger partial charge in [0.25, 0.3) is 0 Å². The van der Waals surface area contributed by atoms with Gasteiger partial charge in [0, 0.05) is 0 Å². The minimum absolute atomic E-state index is 0.346. The van der Waals surface area contributed by atoms with Crippen LogP contribution in [0.5, 0.6) is 5.75 Å². The van der Waals surface area contributed by atoms with Crippen LogP contribution in [0.3, 0.4) is 0 Å². The van der Waals surface area contributed by atoms with Crippen molar-refractivity contribution in [1.29, 1.82) is 0 Å². The smallest absolute Gasteiger partial charge is 0.118 e. The first-order valence-electron chi connectivity index (χ1n) is 6.03. The molecule has 0 aliphatic rings. The molecule has 1 nitrogen and oxygen atoms in total. The zero-order chi connectivity index (χ0) is 12.5. The number of hydrogen-bond acceptors (Lipinski definition) is 1. The lowest BCUT2D eigenvalue weighted by Gasteiger charge is -2.08. The Kier molecular flexibility index (Phi) is 2.52. The summed E-state index contributed by atoms with van der Waals surface area (Å²) in [5.41, 5.74) is 3.25. The Morgan fingerprint density at radius 3 is 2.44 bits per heavy atom. The van der Waals surface area contributed by atoms with Crippen LogP contribution in [0.4, 0.5) is 0 Å². The minimum Gasteiger partial charge on any atom is -0.508 e. The van der Waals surface area contributed by atoms with Crippen molar-refractivity contribution in [1.82, 2.24) is 0 Å². The van der Waals surface area contributed by atoms with Crippen LogP contribution < -0.4 is 0 Å². The van der Waals surface area contributed by atoms with Gasteiger partial charge in [0.05, 0.1) is 0 Å². The van der Waals surface area contributed by atoms with Crippen LogP contribution in [0.2, 0.25) is 0 Å². The average molecular weight is 234 g/mol. The molecule has 0 aliphatic carbocycles. The second kappa shape index (κ2) is 4.19. The Morgan fingerprint density at radius 2 is 1.61 bits per heavy atom. The summed E-state index contributed by atoms with van der Waals surface area (Å²) >= 11 is 0. The number of phenolic OH excluding ortho intramolecular Hbond substituents is 1. The van der Waals surface area contributed by atoms with E-state index in [2.05, 4.69) is 36.4 Å². The average Bonchev–Trinajstić information content (AvgIpc) is 2.41. The first-order valence-corrected chi connectivity index (χ1v) is 6.03. The van der Waals surface area contributed by atoms with E-state index in [0.717, 1.165) is 11.1 Å². The van der Waals surface area contributed by atoms with Crippen molar-refractivity contribution >= 4 is 10.8 Å². The van der Waals surface area contributed by atoms with Crippen molar-refractivity contribution in [2.24, 2.45) is 0 Å². The maximum Gasteiger partial charge on any atom is 0.118 e. The molecular formula is C17H14O. The van der Waals surface area contributed by atoms with E-state index in [1.807, 2.05) is 25.1 Å². The van der Waals surface area contributed by atoms with Crippen LogP contribution in [0.1, 0.15) is 5.56 Å². The van der Waals surface area contributed by atoms with E-state index < -0.39 is 0 Å². The maximum absolute atomic E-state index is 9.60. The molecule has 3 aromatic rings. The predicted molar refractivity (Wildman–Crippen MR) is 75.8 cm³/mol. The van der Waals surface area contributed by atoms with Crippen LogP contribution >= 0.6 is 0 Å². The fourth-order valence-electron chi connectivity index (χ4n) is 2.30. The van der Waals surface area contributed by atoms with Gasteiger partial charge in [0.15, 0.2) is 0 Å². The molecule has 1 N–H and O–H groups in total. The zero-order valence-corrected chi connectivity index (χ0v) is 10.2. The van der Waals surface area contributed by atoms with Gasteiger partial charge in [-0.1, -0.05) is 48.5 Å². The molecule has 3 aromatic carbocycles. The van der Waals surface area contributed by atoms with E-state index in [1.54, 1.807) is 6.07 Å². The molecule has 0 heterocycles. The molecule has 0 fully saturated rings. The summed E-state index contributed by atoms with van der Waals surface area (Å²) in [5, 5.41) is 12.1. The van der Waals surface area contributed by atoms with Gasteiger partial charge in [-0.05, 0) is 46.5 Å². The molecule has 1 heteroatoms. The Balaban J connectivity index is 2.28. The molecule has 0 bridgehead atoms. The van der Waals surface area contributed by atoms with Gasteiger partial charge in [0.1, 0.15) is 5.75 Å². The molecule has 0 saturated carbocycles. The summed E-state index contributed by atoms with van der Waals surface area (Å²) < 4.78 is 0. The summed E-state index contributed by atoms with van der Waals surface area (Å²) in [6.45, 7) is 1.92. The minimum atomic E-state index is 0.346. The summed E-state index contributed by atoms with van der Waals surface area (Å²) in [6, 6.07) is 20.4. The van der Waals surface area contributed by atoms with Gasteiger partial charge in [0.2, 0.25) is 0 Å². The molecule has 0 aromatic heterocycles. The van der Waals surface area contributed by atoms with E-state index in [1.165, 1.54) is 16.3 Å². The SMILES string of the molecule is Cc1cc(-c2cccc3ccccc23)ccc1O. The molecule has 3 rings (SSSR count). The highest BCUT2D eigenvalue weighted by Gasteiger charge is 2.04. The standard InChI is InChI=1S/C17H14O/c1-12-11-14(9-10-17(12)18)16-8-4-6-13-5-2-3-7-15(13)16/h2-11,18H,1H3. The highest BCUT2D eigenvalue weighted by Crippen LogP contribution is 2.30. The van der Waals surface area contributed by atoms with Crippen molar-refractivity contribution < 1.29 is 5.11 Å². The van der Waals surface area contributed by atoms with Gasteiger partial charge < -0.3 is 5.11 Å². The fraction of sp³-hybridized carbons (Fsp3) is 0.0588. The lowest BCUT2D eigenvalue weighted by Crippen LogP contribution is -1.83. The molecule has 0 amide bonds. The topological polar surface area (TPSA) is 20.2 Å². The van der Waals surface area contributed by atoms with Crippen LogP contribution in [0.25, 0.3) is 21.9 Å². The predicted octanol–water partition coefficient (Wildman–Crippen LogP) is 4.52. The highest BCUT2D eigenvalue weighted by molar-refractivity contribution is 5.96. The second-order valence-corrected chi connectivity index (χ2v) is 4.53. The normalized spacial score (nSPS) is 10.7. The molecule has 0 spiro atoms. The number of rotatable bonds is 1. The van der Waals surface area contributed by atoms with Gasteiger partial charge >= 0.3 is 0 Å². The van der Waals surface area contributed by atoms with Gasteiger partial charge in [-0.2, -0.15) is 0 Å². The lowest BCUT2D eigenvalue weighted by molar-refractivity contribution is 0.471. The third kappa shape index (κ3) is 1.74.